The van der Waals surface area contributed by atoms with Gasteiger partial charge in [0.05, 0.1) is 4.92 Å². The van der Waals surface area contributed by atoms with Gasteiger partial charge >= 0.3 is 0 Å². The van der Waals surface area contributed by atoms with Crippen LogP contribution >= 0.6 is 11.6 Å². The molecule has 2 rings (SSSR count). The van der Waals surface area contributed by atoms with Crippen LogP contribution in [0.4, 0.5) is 5.69 Å². The zero-order valence-corrected chi connectivity index (χ0v) is 14.9. The van der Waals surface area contributed by atoms with E-state index in [0.29, 0.717) is 5.92 Å². The number of hydrogen-bond donors (Lipinski definition) is 1. The molecule has 0 atom stereocenters. The van der Waals surface area contributed by atoms with Crippen molar-refractivity contribution < 1.29 is 9.72 Å². The zero-order valence-electron chi connectivity index (χ0n) is 14.1. The SMILES string of the molecule is CC(C)(C)C1CCC(=NNC(=O)c2ccc(Cl)c([N+](=O)[O-])c2)CC1. The topological polar surface area (TPSA) is 84.6 Å². The Bertz CT molecular complexity index is 670. The Balaban J connectivity index is 1.99. The first-order valence-corrected chi connectivity index (χ1v) is 8.36. The summed E-state index contributed by atoms with van der Waals surface area (Å²) in [5.41, 5.74) is 3.62. The van der Waals surface area contributed by atoms with Gasteiger partial charge in [0.1, 0.15) is 5.02 Å². The van der Waals surface area contributed by atoms with Gasteiger partial charge in [-0.05, 0) is 49.1 Å². The van der Waals surface area contributed by atoms with Gasteiger partial charge in [-0.25, -0.2) is 5.43 Å². The summed E-state index contributed by atoms with van der Waals surface area (Å²) in [4.78, 5) is 22.4. The molecule has 0 saturated heterocycles. The minimum Gasteiger partial charge on any atom is -0.267 e. The predicted molar refractivity (Wildman–Crippen MR) is 94.4 cm³/mol. The van der Waals surface area contributed by atoms with Crippen LogP contribution in [0.15, 0.2) is 23.3 Å². The normalized spacial score (nSPS) is 18.2. The molecule has 1 aromatic rings. The van der Waals surface area contributed by atoms with E-state index in [9.17, 15) is 14.9 Å². The van der Waals surface area contributed by atoms with Crippen molar-refractivity contribution in [1.82, 2.24) is 5.43 Å². The van der Waals surface area contributed by atoms with Crippen molar-refractivity contribution in [2.75, 3.05) is 0 Å². The highest BCUT2D eigenvalue weighted by Crippen LogP contribution is 2.36. The van der Waals surface area contributed by atoms with Crippen LogP contribution < -0.4 is 5.43 Å². The Kier molecular flexibility index (Phi) is 5.59. The zero-order chi connectivity index (χ0) is 17.9. The largest absolute Gasteiger partial charge is 0.288 e. The van der Waals surface area contributed by atoms with Crippen LogP contribution in [0.2, 0.25) is 5.02 Å². The molecule has 24 heavy (non-hydrogen) atoms. The number of carbonyl (C=O) groups excluding carboxylic acids is 1. The summed E-state index contributed by atoms with van der Waals surface area (Å²) in [6, 6.07) is 3.95. The number of amides is 1. The fourth-order valence-electron chi connectivity index (χ4n) is 2.92. The molecule has 7 heteroatoms. The fraction of sp³-hybridized carbons (Fsp3) is 0.529. The lowest BCUT2D eigenvalue weighted by molar-refractivity contribution is -0.384. The molecule has 1 aromatic carbocycles. The summed E-state index contributed by atoms with van der Waals surface area (Å²) in [6.45, 7) is 6.74. The average molecular weight is 352 g/mol. The Morgan fingerprint density at radius 2 is 1.96 bits per heavy atom. The second-order valence-corrected chi connectivity index (χ2v) is 7.59. The van der Waals surface area contributed by atoms with Gasteiger partial charge in [-0.3, -0.25) is 14.9 Å². The molecule has 1 aliphatic rings. The molecule has 1 N–H and O–H groups in total. The van der Waals surface area contributed by atoms with Crippen molar-refractivity contribution in [2.45, 2.75) is 46.5 Å². The van der Waals surface area contributed by atoms with E-state index in [0.717, 1.165) is 37.5 Å². The maximum Gasteiger partial charge on any atom is 0.288 e. The minimum atomic E-state index is -0.612. The Labute approximate surface area is 146 Å². The van der Waals surface area contributed by atoms with Gasteiger partial charge in [0.15, 0.2) is 0 Å². The van der Waals surface area contributed by atoms with E-state index in [-0.39, 0.29) is 21.7 Å². The van der Waals surface area contributed by atoms with E-state index < -0.39 is 10.8 Å². The maximum absolute atomic E-state index is 12.1. The highest BCUT2D eigenvalue weighted by atomic mass is 35.5. The molecule has 1 aliphatic carbocycles. The second-order valence-electron chi connectivity index (χ2n) is 7.18. The molecule has 1 amide bonds. The fourth-order valence-corrected chi connectivity index (χ4v) is 3.10. The van der Waals surface area contributed by atoms with Crippen LogP contribution in [-0.4, -0.2) is 16.5 Å². The number of nitrogens with zero attached hydrogens (tertiary/aromatic N) is 2. The molecule has 0 heterocycles. The smallest absolute Gasteiger partial charge is 0.267 e. The van der Waals surface area contributed by atoms with Crippen LogP contribution in [0.1, 0.15) is 56.8 Å². The molecule has 0 aliphatic heterocycles. The number of hydrogen-bond acceptors (Lipinski definition) is 4. The van der Waals surface area contributed by atoms with E-state index in [2.05, 4.69) is 31.3 Å². The lowest BCUT2D eigenvalue weighted by atomic mass is 9.72. The molecule has 0 unspecified atom stereocenters. The van der Waals surface area contributed by atoms with E-state index in [1.165, 1.54) is 12.1 Å². The van der Waals surface area contributed by atoms with Gasteiger partial charge in [0, 0.05) is 17.3 Å². The van der Waals surface area contributed by atoms with Crippen LogP contribution in [0.3, 0.4) is 0 Å². The third-order valence-corrected chi connectivity index (χ3v) is 4.83. The molecule has 130 valence electrons. The Morgan fingerprint density at radius 3 is 2.50 bits per heavy atom. The van der Waals surface area contributed by atoms with Crippen molar-refractivity contribution >= 4 is 28.9 Å². The van der Waals surface area contributed by atoms with E-state index in [1.54, 1.807) is 0 Å². The molecule has 0 aromatic heterocycles. The predicted octanol–water partition coefficient (Wildman–Crippen LogP) is 4.57. The second kappa shape index (κ2) is 7.30. The van der Waals surface area contributed by atoms with Crippen LogP contribution in [-0.2, 0) is 0 Å². The van der Waals surface area contributed by atoms with Crippen LogP contribution in [0.5, 0.6) is 0 Å². The summed E-state index contributed by atoms with van der Waals surface area (Å²) in [5.74, 6) is 0.186. The number of halogens is 1. The first-order chi connectivity index (χ1) is 11.2. The van der Waals surface area contributed by atoms with Gasteiger partial charge in [-0.1, -0.05) is 32.4 Å². The molecule has 0 bridgehead atoms. The van der Waals surface area contributed by atoms with Gasteiger partial charge in [0.25, 0.3) is 11.6 Å². The molecular weight excluding hydrogens is 330 g/mol. The van der Waals surface area contributed by atoms with Crippen molar-refractivity contribution in [3.63, 3.8) is 0 Å². The van der Waals surface area contributed by atoms with Gasteiger partial charge in [-0.2, -0.15) is 5.10 Å². The highest BCUT2D eigenvalue weighted by Gasteiger charge is 2.28. The van der Waals surface area contributed by atoms with Crippen LogP contribution in [0.25, 0.3) is 0 Å². The number of benzene rings is 1. The lowest BCUT2D eigenvalue weighted by Crippen LogP contribution is -2.27. The lowest BCUT2D eigenvalue weighted by Gasteiger charge is -2.34. The highest BCUT2D eigenvalue weighted by molar-refractivity contribution is 6.32. The van der Waals surface area contributed by atoms with Crippen molar-refractivity contribution in [3.05, 3.63) is 38.9 Å². The molecule has 6 nitrogen and oxygen atoms in total. The number of hydrazone groups is 1. The Hall–Kier alpha value is -1.95. The molecule has 1 saturated carbocycles. The third kappa shape index (κ3) is 4.54. The Morgan fingerprint density at radius 1 is 1.33 bits per heavy atom. The first kappa shape index (κ1) is 18.4. The minimum absolute atomic E-state index is 0.00312. The number of rotatable bonds is 3. The summed E-state index contributed by atoms with van der Waals surface area (Å²) in [6.07, 6.45) is 3.85. The van der Waals surface area contributed by atoms with E-state index >= 15 is 0 Å². The molecular formula is C17H22ClN3O3. The standard InChI is InChI=1S/C17H22ClN3O3/c1-17(2,3)12-5-7-13(8-6-12)19-20-16(22)11-4-9-14(18)15(10-11)21(23)24/h4,9-10,12H,5-8H2,1-3H3,(H,20,22). The van der Waals surface area contributed by atoms with Crippen molar-refractivity contribution in [3.8, 4) is 0 Å². The quantitative estimate of drug-likeness (QED) is 0.639. The van der Waals surface area contributed by atoms with Crippen LogP contribution in [0, 0.1) is 21.4 Å². The maximum atomic E-state index is 12.1. The molecule has 0 radical (unpaired) electrons. The summed E-state index contributed by atoms with van der Waals surface area (Å²) < 4.78 is 0. The van der Waals surface area contributed by atoms with E-state index in [4.69, 9.17) is 11.6 Å². The molecule has 0 spiro atoms. The van der Waals surface area contributed by atoms with Gasteiger partial charge < -0.3 is 0 Å². The first-order valence-electron chi connectivity index (χ1n) is 7.98. The van der Waals surface area contributed by atoms with E-state index in [1.807, 2.05) is 0 Å². The number of nitrogens with one attached hydrogen (secondary N) is 1. The third-order valence-electron chi connectivity index (χ3n) is 4.51. The van der Waals surface area contributed by atoms with Crippen molar-refractivity contribution in [1.29, 1.82) is 0 Å². The molecule has 1 fully saturated rings. The number of carbonyl (C=O) groups is 1. The summed E-state index contributed by atoms with van der Waals surface area (Å²) in [7, 11) is 0. The number of nitro groups is 1. The van der Waals surface area contributed by atoms with Crippen molar-refractivity contribution in [2.24, 2.45) is 16.4 Å². The average Bonchev–Trinajstić information content (AvgIpc) is 2.52. The van der Waals surface area contributed by atoms with Gasteiger partial charge in [-0.15, -0.1) is 0 Å². The number of nitro benzene ring substituents is 1. The summed E-state index contributed by atoms with van der Waals surface area (Å²) in [5, 5.41) is 15.1. The monoisotopic (exact) mass is 351 g/mol. The summed E-state index contributed by atoms with van der Waals surface area (Å²) >= 11 is 5.74. The van der Waals surface area contributed by atoms with Gasteiger partial charge in [0.2, 0.25) is 0 Å².